The number of esters is 1. The number of alkyl halides is 2. The van der Waals surface area contributed by atoms with E-state index >= 15 is 0 Å². The maximum Gasteiger partial charge on any atom is 0.375 e. The molecule has 0 aliphatic carbocycles. The van der Waals surface area contributed by atoms with Crippen LogP contribution in [0.15, 0.2) is 41.0 Å². The summed E-state index contributed by atoms with van der Waals surface area (Å²) in [6.45, 7) is 0.402. The SMILES string of the molecule is Cc1ccoc1C(=O)OC(C)c1nc2ccccc2n1C(F)F. The standard InChI is InChI=1S/C16H14F2N2O3/c1-9-7-8-22-13(9)15(21)23-10(2)14-19-11-5-3-4-6-12(11)20(14)16(17)18/h3-8,10,16H,1-2H3. The molecule has 0 N–H and O–H groups in total. The first kappa shape index (κ1) is 15.2. The lowest BCUT2D eigenvalue weighted by Gasteiger charge is -2.14. The Morgan fingerprint density at radius 1 is 1.30 bits per heavy atom. The Morgan fingerprint density at radius 2 is 2.04 bits per heavy atom. The fourth-order valence-electron chi connectivity index (χ4n) is 2.40. The number of carbonyl (C=O) groups is 1. The summed E-state index contributed by atoms with van der Waals surface area (Å²) in [6, 6.07) is 8.15. The van der Waals surface area contributed by atoms with Crippen LogP contribution in [0.3, 0.4) is 0 Å². The molecule has 5 nitrogen and oxygen atoms in total. The highest BCUT2D eigenvalue weighted by molar-refractivity contribution is 5.88. The van der Waals surface area contributed by atoms with Crippen LogP contribution in [0.2, 0.25) is 0 Å². The number of ether oxygens (including phenoxy) is 1. The summed E-state index contributed by atoms with van der Waals surface area (Å²) in [5.41, 5.74) is 1.32. The fraction of sp³-hybridized carbons (Fsp3) is 0.250. The molecule has 2 heterocycles. The van der Waals surface area contributed by atoms with Gasteiger partial charge in [-0.2, -0.15) is 8.78 Å². The largest absolute Gasteiger partial charge is 0.457 e. The summed E-state index contributed by atoms with van der Waals surface area (Å²) >= 11 is 0. The molecule has 0 radical (unpaired) electrons. The number of rotatable bonds is 4. The van der Waals surface area contributed by atoms with Gasteiger partial charge in [-0.25, -0.2) is 9.78 Å². The average Bonchev–Trinajstić information content (AvgIpc) is 3.10. The van der Waals surface area contributed by atoms with Crippen LogP contribution in [0.4, 0.5) is 8.78 Å². The van der Waals surface area contributed by atoms with Crippen LogP contribution < -0.4 is 0 Å². The molecule has 0 amide bonds. The molecular weight excluding hydrogens is 306 g/mol. The summed E-state index contributed by atoms with van der Waals surface area (Å²) in [4.78, 5) is 16.2. The minimum absolute atomic E-state index is 0.0150. The number of imidazole rings is 1. The Hall–Kier alpha value is -2.70. The number of para-hydroxylation sites is 2. The third kappa shape index (κ3) is 2.69. The van der Waals surface area contributed by atoms with Gasteiger partial charge in [0.1, 0.15) is 0 Å². The predicted molar refractivity (Wildman–Crippen MR) is 78.3 cm³/mol. The van der Waals surface area contributed by atoms with Gasteiger partial charge in [0, 0.05) is 5.56 Å². The Bertz CT molecular complexity index is 854. The van der Waals surface area contributed by atoms with E-state index in [0.29, 0.717) is 11.1 Å². The summed E-state index contributed by atoms with van der Waals surface area (Å²) in [7, 11) is 0. The Kier molecular flexibility index (Phi) is 3.85. The molecule has 2 aromatic heterocycles. The van der Waals surface area contributed by atoms with Crippen LogP contribution in [-0.2, 0) is 4.74 Å². The normalized spacial score (nSPS) is 12.7. The van der Waals surface area contributed by atoms with E-state index in [-0.39, 0.29) is 17.1 Å². The number of fused-ring (bicyclic) bond motifs is 1. The smallest absolute Gasteiger partial charge is 0.375 e. The summed E-state index contributed by atoms with van der Waals surface area (Å²) in [5.74, 6) is -0.678. The van der Waals surface area contributed by atoms with E-state index in [4.69, 9.17) is 9.15 Å². The zero-order chi connectivity index (χ0) is 16.6. The van der Waals surface area contributed by atoms with E-state index in [1.807, 2.05) is 0 Å². The van der Waals surface area contributed by atoms with Crippen LogP contribution in [0.1, 0.15) is 41.5 Å². The number of aryl methyl sites for hydroxylation is 1. The van der Waals surface area contributed by atoms with Gasteiger partial charge in [-0.15, -0.1) is 0 Å². The van der Waals surface area contributed by atoms with Gasteiger partial charge >= 0.3 is 12.5 Å². The van der Waals surface area contributed by atoms with Gasteiger partial charge in [-0.3, -0.25) is 4.57 Å². The first-order valence-corrected chi connectivity index (χ1v) is 6.99. The van der Waals surface area contributed by atoms with E-state index < -0.39 is 18.6 Å². The van der Waals surface area contributed by atoms with Crippen LogP contribution >= 0.6 is 0 Å². The van der Waals surface area contributed by atoms with E-state index in [1.165, 1.54) is 13.2 Å². The minimum atomic E-state index is -2.79. The molecule has 3 rings (SSSR count). The molecule has 0 spiro atoms. The van der Waals surface area contributed by atoms with Gasteiger partial charge < -0.3 is 9.15 Å². The molecule has 23 heavy (non-hydrogen) atoms. The number of halogens is 2. The van der Waals surface area contributed by atoms with Gasteiger partial charge in [-0.1, -0.05) is 12.1 Å². The van der Waals surface area contributed by atoms with Crippen molar-refractivity contribution >= 4 is 17.0 Å². The van der Waals surface area contributed by atoms with Crippen molar-refractivity contribution in [2.24, 2.45) is 0 Å². The average molecular weight is 320 g/mol. The van der Waals surface area contributed by atoms with Crippen LogP contribution in [0.25, 0.3) is 11.0 Å². The summed E-state index contributed by atoms with van der Waals surface area (Å²) in [5, 5.41) is 0. The number of hydrogen-bond donors (Lipinski definition) is 0. The Labute approximate surface area is 130 Å². The van der Waals surface area contributed by atoms with Gasteiger partial charge in [0.15, 0.2) is 11.9 Å². The first-order chi connectivity index (χ1) is 11.0. The molecule has 7 heteroatoms. The second kappa shape index (κ2) is 5.83. The van der Waals surface area contributed by atoms with Crippen molar-refractivity contribution in [3.05, 3.63) is 53.7 Å². The second-order valence-electron chi connectivity index (χ2n) is 5.09. The Morgan fingerprint density at radius 3 is 2.70 bits per heavy atom. The molecule has 0 saturated carbocycles. The van der Waals surface area contributed by atoms with Gasteiger partial charge in [0.2, 0.25) is 5.76 Å². The molecular formula is C16H14F2N2O3. The molecule has 0 saturated heterocycles. The van der Waals surface area contributed by atoms with Gasteiger partial charge in [0.05, 0.1) is 17.3 Å². The summed E-state index contributed by atoms with van der Waals surface area (Å²) in [6.07, 6.45) is 0.416. The molecule has 0 aliphatic rings. The maximum atomic E-state index is 13.4. The lowest BCUT2D eigenvalue weighted by Crippen LogP contribution is -2.14. The number of aromatic nitrogens is 2. The van der Waals surface area contributed by atoms with Crippen molar-refractivity contribution in [1.29, 1.82) is 0 Å². The number of benzene rings is 1. The molecule has 0 bridgehead atoms. The third-order valence-electron chi connectivity index (χ3n) is 3.51. The molecule has 0 fully saturated rings. The first-order valence-electron chi connectivity index (χ1n) is 6.99. The highest BCUT2D eigenvalue weighted by Crippen LogP contribution is 2.28. The summed E-state index contributed by atoms with van der Waals surface area (Å²) < 4.78 is 37.8. The minimum Gasteiger partial charge on any atom is -0.457 e. The van der Waals surface area contributed by atoms with E-state index in [1.54, 1.807) is 37.3 Å². The van der Waals surface area contributed by atoms with Crippen LogP contribution in [0.5, 0.6) is 0 Å². The van der Waals surface area contributed by atoms with Crippen LogP contribution in [0, 0.1) is 6.92 Å². The lowest BCUT2D eigenvalue weighted by atomic mass is 10.3. The number of nitrogens with zero attached hydrogens (tertiary/aromatic N) is 2. The second-order valence-corrected chi connectivity index (χ2v) is 5.09. The molecule has 0 aliphatic heterocycles. The van der Waals surface area contributed by atoms with E-state index in [0.717, 1.165) is 4.57 Å². The molecule has 1 aromatic carbocycles. The third-order valence-corrected chi connectivity index (χ3v) is 3.51. The van der Waals surface area contributed by atoms with E-state index in [9.17, 15) is 13.6 Å². The quantitative estimate of drug-likeness (QED) is 0.674. The number of furan rings is 1. The zero-order valence-electron chi connectivity index (χ0n) is 12.5. The lowest BCUT2D eigenvalue weighted by molar-refractivity contribution is 0.0202. The van der Waals surface area contributed by atoms with Crippen molar-refractivity contribution in [3.8, 4) is 0 Å². The van der Waals surface area contributed by atoms with Crippen molar-refractivity contribution in [1.82, 2.24) is 9.55 Å². The topological polar surface area (TPSA) is 57.3 Å². The number of carbonyl (C=O) groups excluding carboxylic acids is 1. The molecule has 3 aromatic rings. The van der Waals surface area contributed by atoms with Crippen molar-refractivity contribution in [2.75, 3.05) is 0 Å². The van der Waals surface area contributed by atoms with Crippen molar-refractivity contribution in [2.45, 2.75) is 26.5 Å². The number of hydrogen-bond acceptors (Lipinski definition) is 4. The van der Waals surface area contributed by atoms with Gasteiger partial charge in [-0.05, 0) is 32.0 Å². The zero-order valence-corrected chi connectivity index (χ0v) is 12.5. The molecule has 120 valence electrons. The van der Waals surface area contributed by atoms with Crippen LogP contribution in [-0.4, -0.2) is 15.5 Å². The molecule has 1 atom stereocenters. The fourth-order valence-corrected chi connectivity index (χ4v) is 2.40. The highest BCUT2D eigenvalue weighted by Gasteiger charge is 2.26. The van der Waals surface area contributed by atoms with Crippen molar-refractivity contribution < 1.29 is 22.7 Å². The van der Waals surface area contributed by atoms with Crippen molar-refractivity contribution in [3.63, 3.8) is 0 Å². The monoisotopic (exact) mass is 320 g/mol. The Balaban J connectivity index is 1.95. The van der Waals surface area contributed by atoms with Gasteiger partial charge in [0.25, 0.3) is 0 Å². The molecule has 1 unspecified atom stereocenters. The maximum absolute atomic E-state index is 13.4. The highest BCUT2D eigenvalue weighted by atomic mass is 19.3. The van der Waals surface area contributed by atoms with E-state index in [2.05, 4.69) is 4.98 Å². The predicted octanol–water partition coefficient (Wildman–Crippen LogP) is 4.25.